The Morgan fingerprint density at radius 1 is 1.12 bits per heavy atom. The number of carbonyl (C=O) groups is 2. The summed E-state index contributed by atoms with van der Waals surface area (Å²) in [5.74, 6) is -0.787. The molecule has 12 heteroatoms. The number of aromatic hydroxyl groups is 1. The van der Waals surface area contributed by atoms with Crippen LogP contribution < -0.4 is 4.74 Å². The van der Waals surface area contributed by atoms with Crippen molar-refractivity contribution in [2.75, 3.05) is 19.6 Å². The van der Waals surface area contributed by atoms with E-state index in [0.717, 1.165) is 47.6 Å². The van der Waals surface area contributed by atoms with Crippen molar-refractivity contribution in [2.24, 2.45) is 0 Å². The predicted octanol–water partition coefficient (Wildman–Crippen LogP) is 4.45. The molecule has 0 bridgehead atoms. The van der Waals surface area contributed by atoms with Gasteiger partial charge in [0, 0.05) is 50.3 Å². The van der Waals surface area contributed by atoms with E-state index in [1.54, 1.807) is 20.5 Å². The van der Waals surface area contributed by atoms with E-state index in [1.165, 1.54) is 18.6 Å². The zero-order chi connectivity index (χ0) is 28.9. The summed E-state index contributed by atoms with van der Waals surface area (Å²) in [5.41, 5.74) is 4.13. The van der Waals surface area contributed by atoms with Crippen LogP contribution in [0.5, 0.6) is 11.6 Å². The molecule has 3 aliphatic rings. The van der Waals surface area contributed by atoms with Gasteiger partial charge in [-0.3, -0.25) is 9.59 Å². The highest BCUT2D eigenvalue weighted by Gasteiger charge is 2.40. The molecular weight excluding hydrogens is 539 g/mol. The maximum Gasteiger partial charge on any atom is 0.574 e. The Labute approximate surface area is 233 Å². The summed E-state index contributed by atoms with van der Waals surface area (Å²) in [4.78, 5) is 33.2. The summed E-state index contributed by atoms with van der Waals surface area (Å²) in [6.07, 6.45) is 1.65. The predicted molar refractivity (Wildman–Crippen MR) is 141 cm³/mol. The van der Waals surface area contributed by atoms with Crippen LogP contribution in [0.15, 0.2) is 49.2 Å². The van der Waals surface area contributed by atoms with Crippen molar-refractivity contribution in [1.82, 2.24) is 24.6 Å². The number of benzene rings is 1. The first-order valence-corrected chi connectivity index (χ1v) is 13.5. The van der Waals surface area contributed by atoms with E-state index in [4.69, 9.17) is 5.10 Å². The maximum atomic E-state index is 13.7. The molecule has 1 aliphatic carbocycles. The quantitative estimate of drug-likeness (QED) is 0.458. The van der Waals surface area contributed by atoms with Crippen molar-refractivity contribution in [3.8, 4) is 17.3 Å². The third kappa shape index (κ3) is 5.02. The summed E-state index contributed by atoms with van der Waals surface area (Å²) < 4.78 is 43.3. The summed E-state index contributed by atoms with van der Waals surface area (Å²) in [6, 6.07) is 7.38. The fourth-order valence-electron chi connectivity index (χ4n) is 5.93. The van der Waals surface area contributed by atoms with Crippen molar-refractivity contribution in [1.29, 1.82) is 0 Å². The molecule has 1 atom stereocenters. The monoisotopic (exact) mass is 567 g/mol. The second kappa shape index (κ2) is 10.2. The third-order valence-corrected chi connectivity index (χ3v) is 8.16. The standard InChI is InChI=1S/C29H28F3N5O4/c1-2-26(39)35-12-10-20-27-22(37(34-20)21-8-6-18(14-24(21)38)17-4-3-5-17)11-13-36(23(27)16-35)28(40)19-7-9-25(33-15-19)41-29(30,31)32/h2,6-9,14-15,17,23,38H,1,3-5,10-13,16H2. The fourth-order valence-corrected chi connectivity index (χ4v) is 5.93. The molecule has 41 heavy (non-hydrogen) atoms. The van der Waals surface area contributed by atoms with Gasteiger partial charge in [0.05, 0.1) is 23.0 Å². The Morgan fingerprint density at radius 3 is 2.56 bits per heavy atom. The first-order chi connectivity index (χ1) is 19.6. The number of pyridine rings is 1. The lowest BCUT2D eigenvalue weighted by Crippen LogP contribution is -2.45. The first-order valence-electron chi connectivity index (χ1n) is 13.5. The molecule has 1 fully saturated rings. The van der Waals surface area contributed by atoms with Gasteiger partial charge in [-0.1, -0.05) is 19.1 Å². The van der Waals surface area contributed by atoms with Crippen molar-refractivity contribution in [3.05, 3.63) is 77.3 Å². The lowest BCUT2D eigenvalue weighted by molar-refractivity contribution is -0.276. The lowest BCUT2D eigenvalue weighted by atomic mass is 9.80. The molecule has 2 aliphatic heterocycles. The molecule has 1 unspecified atom stereocenters. The number of phenols is 1. The minimum absolute atomic E-state index is 0.0898. The molecule has 0 saturated heterocycles. The van der Waals surface area contributed by atoms with Crippen LogP contribution in [0, 0.1) is 0 Å². The van der Waals surface area contributed by atoms with Gasteiger partial charge < -0.3 is 19.6 Å². The largest absolute Gasteiger partial charge is 0.574 e. The zero-order valence-electron chi connectivity index (χ0n) is 22.1. The van der Waals surface area contributed by atoms with Crippen molar-refractivity contribution in [2.45, 2.75) is 50.4 Å². The third-order valence-electron chi connectivity index (χ3n) is 8.16. The first kappa shape index (κ1) is 26.9. The summed E-state index contributed by atoms with van der Waals surface area (Å²) in [6.45, 7) is 4.42. The van der Waals surface area contributed by atoms with Crippen LogP contribution in [0.25, 0.3) is 5.69 Å². The smallest absolute Gasteiger partial charge is 0.506 e. The summed E-state index contributed by atoms with van der Waals surface area (Å²) in [7, 11) is 0. The summed E-state index contributed by atoms with van der Waals surface area (Å²) in [5, 5.41) is 15.8. The second-order valence-electron chi connectivity index (χ2n) is 10.5. The highest BCUT2D eigenvalue weighted by Crippen LogP contribution is 2.41. The SMILES string of the molecule is C=CC(=O)N1CCc2nn(-c3ccc(C4CCC4)cc3O)c3c2C(C1)N(C(=O)c1ccc(OC(F)(F)F)nc1)CC3. The van der Waals surface area contributed by atoms with Crippen LogP contribution in [0.2, 0.25) is 0 Å². The Balaban J connectivity index is 1.36. The molecule has 4 heterocycles. The molecular formula is C29H28F3N5O4. The number of hydrogen-bond acceptors (Lipinski definition) is 6. The molecule has 2 amide bonds. The number of phenolic OH excluding ortho intramolecular Hbond substituents is 1. The Kier molecular flexibility index (Phi) is 6.71. The molecule has 1 aromatic carbocycles. The van der Waals surface area contributed by atoms with E-state index in [9.17, 15) is 27.9 Å². The van der Waals surface area contributed by atoms with Gasteiger partial charge in [0.15, 0.2) is 0 Å². The lowest BCUT2D eigenvalue weighted by Gasteiger charge is -2.37. The molecule has 214 valence electrons. The number of aromatic nitrogens is 3. The van der Waals surface area contributed by atoms with Crippen molar-refractivity contribution < 1.29 is 32.6 Å². The molecule has 0 spiro atoms. The van der Waals surface area contributed by atoms with Crippen LogP contribution in [-0.2, 0) is 17.6 Å². The van der Waals surface area contributed by atoms with Gasteiger partial charge in [-0.05, 0) is 48.6 Å². The van der Waals surface area contributed by atoms with Gasteiger partial charge in [0.25, 0.3) is 5.91 Å². The average Bonchev–Trinajstić information content (AvgIpc) is 3.16. The minimum atomic E-state index is -4.90. The number of amides is 2. The second-order valence-corrected chi connectivity index (χ2v) is 10.5. The van der Waals surface area contributed by atoms with Crippen LogP contribution in [0.4, 0.5) is 13.2 Å². The number of rotatable bonds is 5. The normalized spacial score (nSPS) is 18.8. The number of halogens is 3. The summed E-state index contributed by atoms with van der Waals surface area (Å²) >= 11 is 0. The van der Waals surface area contributed by atoms with Crippen LogP contribution in [0.1, 0.15) is 64.1 Å². The molecule has 1 saturated carbocycles. The molecule has 2 aromatic heterocycles. The number of ether oxygens (including phenoxy) is 1. The van der Waals surface area contributed by atoms with E-state index < -0.39 is 24.2 Å². The molecule has 0 radical (unpaired) electrons. The number of nitrogens with zero attached hydrogens (tertiary/aromatic N) is 5. The van der Waals surface area contributed by atoms with E-state index in [1.807, 2.05) is 12.1 Å². The van der Waals surface area contributed by atoms with E-state index >= 15 is 0 Å². The van der Waals surface area contributed by atoms with Gasteiger partial charge in [0.2, 0.25) is 11.8 Å². The van der Waals surface area contributed by atoms with Crippen LogP contribution in [-0.4, -0.2) is 67.5 Å². The zero-order valence-corrected chi connectivity index (χ0v) is 22.1. The van der Waals surface area contributed by atoms with Crippen LogP contribution in [0.3, 0.4) is 0 Å². The average molecular weight is 568 g/mol. The molecule has 9 nitrogen and oxygen atoms in total. The highest BCUT2D eigenvalue weighted by molar-refractivity contribution is 5.94. The van der Waals surface area contributed by atoms with Crippen LogP contribution >= 0.6 is 0 Å². The minimum Gasteiger partial charge on any atom is -0.506 e. The van der Waals surface area contributed by atoms with Gasteiger partial charge >= 0.3 is 6.36 Å². The van der Waals surface area contributed by atoms with Crippen molar-refractivity contribution >= 4 is 11.8 Å². The fraction of sp³-hybridized carbons (Fsp3) is 0.379. The highest BCUT2D eigenvalue weighted by atomic mass is 19.4. The van der Waals surface area contributed by atoms with Gasteiger partial charge in [0.1, 0.15) is 11.4 Å². The number of carbonyl (C=O) groups excluding carboxylic acids is 2. The molecule has 3 aromatic rings. The topological polar surface area (TPSA) is 101 Å². The number of alkyl halides is 3. The van der Waals surface area contributed by atoms with E-state index in [-0.39, 0.29) is 30.3 Å². The molecule has 6 rings (SSSR count). The Morgan fingerprint density at radius 2 is 1.93 bits per heavy atom. The Bertz CT molecular complexity index is 1510. The van der Waals surface area contributed by atoms with Gasteiger partial charge in [-0.15, -0.1) is 13.2 Å². The van der Waals surface area contributed by atoms with E-state index in [2.05, 4.69) is 16.3 Å². The maximum absolute atomic E-state index is 13.7. The van der Waals surface area contributed by atoms with E-state index in [0.29, 0.717) is 31.0 Å². The Hall–Kier alpha value is -4.35. The van der Waals surface area contributed by atoms with Gasteiger partial charge in [-0.25, -0.2) is 9.67 Å². The number of hydrogen-bond donors (Lipinski definition) is 1. The van der Waals surface area contributed by atoms with Crippen molar-refractivity contribution in [3.63, 3.8) is 0 Å². The molecule has 1 N–H and O–H groups in total. The van der Waals surface area contributed by atoms with Gasteiger partial charge in [-0.2, -0.15) is 5.10 Å².